The number of aromatic nitrogens is 4. The van der Waals surface area contributed by atoms with Gasteiger partial charge in [-0.05, 0) is 30.7 Å². The van der Waals surface area contributed by atoms with Crippen molar-refractivity contribution in [2.75, 3.05) is 31.3 Å². The van der Waals surface area contributed by atoms with Crippen LogP contribution in [0, 0.1) is 6.92 Å². The number of nitrogens with zero attached hydrogens (tertiary/aromatic N) is 5. The Morgan fingerprint density at radius 3 is 2.94 bits per heavy atom. The van der Waals surface area contributed by atoms with Crippen LogP contribution in [0.4, 0.5) is 5.69 Å². The minimum atomic E-state index is -0.253. The molecule has 4 heterocycles. The second-order valence-corrected chi connectivity index (χ2v) is 9.40. The Hall–Kier alpha value is -3.70. The summed E-state index contributed by atoms with van der Waals surface area (Å²) in [5, 5.41) is 7.13. The molecule has 0 saturated carbocycles. The Kier molecular flexibility index (Phi) is 6.51. The highest BCUT2D eigenvalue weighted by Crippen LogP contribution is 2.33. The molecule has 1 fully saturated rings. The van der Waals surface area contributed by atoms with Crippen LogP contribution in [-0.4, -0.2) is 61.7 Å². The van der Waals surface area contributed by atoms with Gasteiger partial charge in [-0.2, -0.15) is 4.98 Å². The normalized spacial score (nSPS) is 14.1. The first-order valence-corrected chi connectivity index (χ1v) is 12.1. The fourth-order valence-corrected chi connectivity index (χ4v) is 4.85. The summed E-state index contributed by atoms with van der Waals surface area (Å²) in [4.78, 5) is 33.0. The van der Waals surface area contributed by atoms with E-state index in [0.29, 0.717) is 40.9 Å². The molecule has 1 aromatic carbocycles. The molecule has 4 aromatic rings. The van der Waals surface area contributed by atoms with Crippen LogP contribution in [0.1, 0.15) is 34.3 Å². The number of amides is 1. The molecule has 1 saturated heterocycles. The number of fused-ring (bicyclic) bond motifs is 1. The zero-order valence-corrected chi connectivity index (χ0v) is 20.1. The van der Waals surface area contributed by atoms with Crippen LogP contribution in [-0.2, 0) is 9.53 Å². The van der Waals surface area contributed by atoms with Gasteiger partial charge < -0.3 is 14.6 Å². The third-order valence-electron chi connectivity index (χ3n) is 5.84. The molecule has 0 spiro atoms. The first-order chi connectivity index (χ1) is 17.0. The second-order valence-electron chi connectivity index (χ2n) is 8.22. The van der Waals surface area contributed by atoms with Crippen molar-refractivity contribution >= 4 is 35.2 Å². The van der Waals surface area contributed by atoms with Crippen LogP contribution in [0.25, 0.3) is 17.0 Å². The highest BCUT2D eigenvalue weighted by atomic mass is 32.2. The van der Waals surface area contributed by atoms with Crippen molar-refractivity contribution in [3.05, 3.63) is 65.9 Å². The van der Waals surface area contributed by atoms with Gasteiger partial charge in [-0.1, -0.05) is 35.3 Å². The number of aryl methyl sites for hydroxylation is 1. The number of carbonyl (C=O) groups excluding carboxylic acids is 2. The monoisotopic (exact) mass is 492 g/mol. The van der Waals surface area contributed by atoms with Gasteiger partial charge in [0.2, 0.25) is 11.7 Å². The summed E-state index contributed by atoms with van der Waals surface area (Å²) in [5.41, 5.74) is 3.49. The number of pyridine rings is 1. The average molecular weight is 493 g/mol. The lowest BCUT2D eigenvalue weighted by molar-refractivity contribution is -0.140. The number of carbonyl (C=O) groups is 2. The van der Waals surface area contributed by atoms with Gasteiger partial charge in [0.25, 0.3) is 5.91 Å². The Morgan fingerprint density at radius 1 is 1.26 bits per heavy atom. The van der Waals surface area contributed by atoms with Gasteiger partial charge in [0.15, 0.2) is 0 Å². The number of rotatable bonds is 8. The van der Waals surface area contributed by atoms with Gasteiger partial charge in [0, 0.05) is 36.3 Å². The summed E-state index contributed by atoms with van der Waals surface area (Å²) in [6.07, 6.45) is 3.75. The molecule has 0 radical (unpaired) electrons. The molecule has 1 N–H and O–H groups in total. The van der Waals surface area contributed by atoms with Crippen LogP contribution >= 0.6 is 11.9 Å². The molecule has 1 aliphatic heterocycles. The maximum absolute atomic E-state index is 12.9. The highest BCUT2D eigenvalue weighted by molar-refractivity contribution is 7.97. The number of benzene rings is 1. The molecule has 180 valence electrons. The predicted molar refractivity (Wildman–Crippen MR) is 131 cm³/mol. The van der Waals surface area contributed by atoms with Crippen LogP contribution in [0.3, 0.4) is 0 Å². The number of hydrogen-bond donors (Lipinski definition) is 1. The molecule has 5 rings (SSSR count). The Balaban J connectivity index is 1.23. The van der Waals surface area contributed by atoms with Crippen molar-refractivity contribution in [2.45, 2.75) is 19.3 Å². The fraction of sp³-hybridized carbons (Fsp3) is 0.292. The van der Waals surface area contributed by atoms with Gasteiger partial charge in [0.05, 0.1) is 25.6 Å². The number of imidazole rings is 1. The summed E-state index contributed by atoms with van der Waals surface area (Å²) >= 11 is 1.61. The molecule has 1 aliphatic rings. The molecule has 1 amide bonds. The summed E-state index contributed by atoms with van der Waals surface area (Å²) < 4.78 is 14.1. The van der Waals surface area contributed by atoms with Gasteiger partial charge >= 0.3 is 5.97 Å². The molecule has 10 nitrogen and oxygen atoms in total. The number of hydrogen-bond acceptors (Lipinski definition) is 9. The van der Waals surface area contributed by atoms with Crippen molar-refractivity contribution in [1.29, 1.82) is 0 Å². The predicted octanol–water partition coefficient (Wildman–Crippen LogP) is 3.56. The lowest BCUT2D eigenvalue weighted by atomic mass is 10.0. The number of esters is 1. The lowest BCUT2D eigenvalue weighted by Gasteiger charge is -2.35. The molecular weight excluding hydrogens is 468 g/mol. The fourth-order valence-electron chi connectivity index (χ4n) is 3.76. The molecule has 3 aromatic heterocycles. The zero-order valence-electron chi connectivity index (χ0n) is 19.3. The van der Waals surface area contributed by atoms with Crippen molar-refractivity contribution in [3.8, 4) is 11.4 Å². The van der Waals surface area contributed by atoms with Crippen LogP contribution in [0.5, 0.6) is 0 Å². The lowest BCUT2D eigenvalue weighted by Crippen LogP contribution is -2.40. The maximum Gasteiger partial charge on any atom is 0.306 e. The topological polar surface area (TPSA) is 115 Å². The average Bonchev–Trinajstić information content (AvgIpc) is 3.49. The van der Waals surface area contributed by atoms with E-state index in [4.69, 9.17) is 4.52 Å². The van der Waals surface area contributed by atoms with E-state index in [9.17, 15) is 9.59 Å². The Labute approximate surface area is 205 Å². The van der Waals surface area contributed by atoms with E-state index in [0.717, 1.165) is 24.2 Å². The summed E-state index contributed by atoms with van der Waals surface area (Å²) in [5.74, 6) is 1.44. The first kappa shape index (κ1) is 23.1. The molecule has 0 unspecified atom stereocenters. The summed E-state index contributed by atoms with van der Waals surface area (Å²) in [6, 6.07) is 11.2. The highest BCUT2D eigenvalue weighted by Gasteiger charge is 2.33. The van der Waals surface area contributed by atoms with Gasteiger partial charge in [-0.15, -0.1) is 0 Å². The molecular formula is C24H24N6O4S. The van der Waals surface area contributed by atoms with E-state index < -0.39 is 0 Å². The number of nitrogens with one attached hydrogen (secondary N) is 1. The third kappa shape index (κ3) is 4.91. The standard InChI is InChI=1S/C24H24N6O4S/c1-15-6-7-16(11-18(15)26-23(32)19-12-25-20-5-3-4-9-30(19)20)22-27-24(34-28-22)17-13-29(14-17)35-10-8-21(31)33-2/h3-7,9,11-12,17H,8,10,13-14H2,1-2H3,(H,26,32). The van der Waals surface area contributed by atoms with Crippen LogP contribution in [0.2, 0.25) is 0 Å². The largest absolute Gasteiger partial charge is 0.469 e. The molecule has 11 heteroatoms. The Morgan fingerprint density at radius 2 is 2.11 bits per heavy atom. The number of anilines is 1. The van der Waals surface area contributed by atoms with Gasteiger partial charge in [-0.3, -0.25) is 14.0 Å². The third-order valence-corrected chi connectivity index (χ3v) is 6.89. The van der Waals surface area contributed by atoms with E-state index in [1.54, 1.807) is 28.7 Å². The Bertz CT molecular complexity index is 1380. The summed E-state index contributed by atoms with van der Waals surface area (Å²) in [7, 11) is 1.40. The maximum atomic E-state index is 12.9. The molecule has 35 heavy (non-hydrogen) atoms. The van der Waals surface area contributed by atoms with Crippen molar-refractivity contribution < 1.29 is 18.8 Å². The van der Waals surface area contributed by atoms with E-state index in [1.807, 2.05) is 43.3 Å². The van der Waals surface area contributed by atoms with Gasteiger partial charge in [0.1, 0.15) is 11.3 Å². The van der Waals surface area contributed by atoms with Crippen molar-refractivity contribution in [3.63, 3.8) is 0 Å². The number of methoxy groups -OCH3 is 1. The minimum absolute atomic E-state index is 0.154. The summed E-state index contributed by atoms with van der Waals surface area (Å²) in [6.45, 7) is 3.49. The van der Waals surface area contributed by atoms with Gasteiger partial charge in [-0.25, -0.2) is 9.29 Å². The molecule has 0 atom stereocenters. The van der Waals surface area contributed by atoms with E-state index in [1.165, 1.54) is 7.11 Å². The van der Waals surface area contributed by atoms with Crippen molar-refractivity contribution in [1.82, 2.24) is 23.8 Å². The first-order valence-electron chi connectivity index (χ1n) is 11.1. The molecule has 0 bridgehead atoms. The van der Waals surface area contributed by atoms with E-state index >= 15 is 0 Å². The van der Waals surface area contributed by atoms with Crippen molar-refractivity contribution in [2.24, 2.45) is 0 Å². The van der Waals surface area contributed by atoms with Crippen LogP contribution < -0.4 is 5.32 Å². The zero-order chi connectivity index (χ0) is 24.4. The van der Waals surface area contributed by atoms with Crippen LogP contribution in [0.15, 0.2) is 53.3 Å². The minimum Gasteiger partial charge on any atom is -0.469 e. The SMILES string of the molecule is COC(=O)CCSN1CC(c2nc(-c3ccc(C)c(NC(=O)c4cnc5ccccn45)c3)no2)C1. The molecule has 0 aliphatic carbocycles. The second kappa shape index (κ2) is 9.88. The quantitative estimate of drug-likeness (QED) is 0.291. The van der Waals surface area contributed by atoms with E-state index in [2.05, 4.69) is 29.5 Å². The van der Waals surface area contributed by atoms with E-state index in [-0.39, 0.29) is 17.8 Å². The smallest absolute Gasteiger partial charge is 0.306 e. The number of ether oxygens (including phenoxy) is 1.